The molecule has 0 amide bonds. The van der Waals surface area contributed by atoms with Gasteiger partial charge < -0.3 is 5.73 Å². The fraction of sp³-hybridized carbons (Fsp3) is 0.333. The van der Waals surface area contributed by atoms with Crippen LogP contribution in [0.1, 0.15) is 28.0 Å². The summed E-state index contributed by atoms with van der Waals surface area (Å²) < 4.78 is 0. The van der Waals surface area contributed by atoms with Crippen molar-refractivity contribution in [2.45, 2.75) is 26.3 Å². The molecule has 2 aromatic heterocycles. The molecule has 0 aliphatic carbocycles. The lowest BCUT2D eigenvalue weighted by Crippen LogP contribution is -2.13. The zero-order valence-electron chi connectivity index (χ0n) is 9.47. The van der Waals surface area contributed by atoms with Gasteiger partial charge in [0.25, 0.3) is 0 Å². The number of nitrogens with two attached hydrogens (primary N) is 1. The van der Waals surface area contributed by atoms with Crippen molar-refractivity contribution in [1.29, 1.82) is 0 Å². The first kappa shape index (κ1) is 11.2. The Morgan fingerprint density at radius 2 is 2.12 bits per heavy atom. The predicted molar refractivity (Wildman–Crippen MR) is 66.5 cm³/mol. The van der Waals surface area contributed by atoms with Crippen LogP contribution in [0.15, 0.2) is 23.7 Å². The number of hydrogen-bond donors (Lipinski definition) is 1. The predicted octanol–water partition coefficient (Wildman–Crippen LogP) is 2.40. The molecule has 0 radical (unpaired) electrons. The van der Waals surface area contributed by atoms with E-state index in [4.69, 9.17) is 5.73 Å². The first-order valence-corrected chi connectivity index (χ1v) is 6.12. The summed E-state index contributed by atoms with van der Waals surface area (Å²) in [7, 11) is 0. The molecule has 0 aliphatic rings. The summed E-state index contributed by atoms with van der Waals surface area (Å²) >= 11 is 1.66. The molecule has 0 bridgehead atoms. The Morgan fingerprint density at radius 3 is 2.69 bits per heavy atom. The Hall–Kier alpha value is -1.26. The maximum atomic E-state index is 6.11. The Balaban J connectivity index is 2.08. The first-order chi connectivity index (χ1) is 7.65. The summed E-state index contributed by atoms with van der Waals surface area (Å²) in [6.07, 6.45) is 2.63. The van der Waals surface area contributed by atoms with E-state index < -0.39 is 0 Å². The van der Waals surface area contributed by atoms with Crippen molar-refractivity contribution in [3.05, 3.63) is 45.7 Å². The van der Waals surface area contributed by atoms with Crippen LogP contribution in [-0.4, -0.2) is 9.97 Å². The molecule has 0 saturated carbocycles. The lowest BCUT2D eigenvalue weighted by Gasteiger charge is -2.09. The van der Waals surface area contributed by atoms with Crippen LogP contribution in [0.4, 0.5) is 0 Å². The van der Waals surface area contributed by atoms with Crippen molar-refractivity contribution >= 4 is 11.3 Å². The van der Waals surface area contributed by atoms with E-state index in [9.17, 15) is 0 Å². The number of hydrogen-bond acceptors (Lipinski definition) is 4. The molecular weight excluding hydrogens is 218 g/mol. The molecule has 1 atom stereocenters. The molecule has 2 N–H and O–H groups in total. The number of thiazole rings is 1. The number of aromatic nitrogens is 2. The maximum absolute atomic E-state index is 6.11. The van der Waals surface area contributed by atoms with Crippen molar-refractivity contribution in [3.8, 4) is 0 Å². The molecule has 16 heavy (non-hydrogen) atoms. The van der Waals surface area contributed by atoms with E-state index >= 15 is 0 Å². The van der Waals surface area contributed by atoms with Gasteiger partial charge in [-0.3, -0.25) is 4.98 Å². The van der Waals surface area contributed by atoms with Gasteiger partial charge in [0, 0.05) is 35.4 Å². The van der Waals surface area contributed by atoms with Crippen molar-refractivity contribution in [3.63, 3.8) is 0 Å². The van der Waals surface area contributed by atoms with E-state index in [2.05, 4.69) is 15.3 Å². The van der Waals surface area contributed by atoms with E-state index in [0.29, 0.717) is 0 Å². The largest absolute Gasteiger partial charge is 0.324 e. The van der Waals surface area contributed by atoms with Crippen molar-refractivity contribution in [2.75, 3.05) is 0 Å². The molecule has 3 nitrogen and oxygen atoms in total. The monoisotopic (exact) mass is 233 g/mol. The topological polar surface area (TPSA) is 51.8 Å². The van der Waals surface area contributed by atoms with Crippen LogP contribution < -0.4 is 5.73 Å². The maximum Gasteiger partial charge on any atom is 0.0947 e. The molecule has 2 aromatic rings. The smallest absolute Gasteiger partial charge is 0.0947 e. The van der Waals surface area contributed by atoms with Crippen molar-refractivity contribution < 1.29 is 0 Å². The van der Waals surface area contributed by atoms with E-state index in [1.807, 2.05) is 32.2 Å². The molecule has 2 heterocycles. The molecule has 0 spiro atoms. The highest BCUT2D eigenvalue weighted by Gasteiger charge is 2.09. The minimum Gasteiger partial charge on any atom is -0.324 e. The number of nitrogens with zero attached hydrogens (tertiary/aromatic N) is 2. The van der Waals surface area contributed by atoms with Crippen LogP contribution in [0.3, 0.4) is 0 Å². The van der Waals surface area contributed by atoms with Gasteiger partial charge in [-0.1, -0.05) is 6.07 Å². The van der Waals surface area contributed by atoms with Crippen molar-refractivity contribution in [1.82, 2.24) is 9.97 Å². The first-order valence-electron chi connectivity index (χ1n) is 5.24. The highest BCUT2D eigenvalue weighted by atomic mass is 32.1. The number of pyridine rings is 1. The molecule has 84 valence electrons. The molecule has 0 aliphatic heterocycles. The van der Waals surface area contributed by atoms with E-state index in [1.165, 1.54) is 0 Å². The molecule has 0 saturated heterocycles. The summed E-state index contributed by atoms with van der Waals surface area (Å²) in [5.74, 6) is 0. The van der Waals surface area contributed by atoms with Crippen LogP contribution >= 0.6 is 11.3 Å². The van der Waals surface area contributed by atoms with E-state index in [0.717, 1.165) is 28.4 Å². The minimum atomic E-state index is -0.0151. The molecule has 0 fully saturated rings. The summed E-state index contributed by atoms with van der Waals surface area (Å²) in [6.45, 7) is 3.97. The standard InChI is InChI=1S/C12H15N3S/c1-8-3-4-10(6-14-8)11(13)5-12-15-9(2)7-16-12/h3-4,6-7,11H,5,13H2,1-2H3. The second-order valence-corrected chi connectivity index (χ2v) is 4.87. The molecule has 2 rings (SSSR count). The van der Waals surface area contributed by atoms with Gasteiger partial charge in [-0.25, -0.2) is 4.98 Å². The van der Waals surface area contributed by atoms with Gasteiger partial charge in [-0.05, 0) is 25.5 Å². The fourth-order valence-corrected chi connectivity index (χ4v) is 2.33. The second kappa shape index (κ2) is 4.72. The van der Waals surface area contributed by atoms with Crippen LogP contribution in [0, 0.1) is 13.8 Å². The third-order valence-electron chi connectivity index (χ3n) is 2.42. The van der Waals surface area contributed by atoms with Gasteiger partial charge in [-0.15, -0.1) is 11.3 Å². The molecule has 1 unspecified atom stereocenters. The summed E-state index contributed by atoms with van der Waals surface area (Å²) in [6, 6.07) is 4.01. The van der Waals surface area contributed by atoms with E-state index in [-0.39, 0.29) is 6.04 Å². The van der Waals surface area contributed by atoms with Crippen LogP contribution in [0.2, 0.25) is 0 Å². The molecule has 4 heteroatoms. The van der Waals surface area contributed by atoms with Crippen LogP contribution in [-0.2, 0) is 6.42 Å². The molecule has 0 aromatic carbocycles. The highest BCUT2D eigenvalue weighted by Crippen LogP contribution is 2.18. The van der Waals surface area contributed by atoms with Crippen molar-refractivity contribution in [2.24, 2.45) is 5.73 Å². The van der Waals surface area contributed by atoms with E-state index in [1.54, 1.807) is 11.3 Å². The second-order valence-electron chi connectivity index (χ2n) is 3.93. The average molecular weight is 233 g/mol. The Morgan fingerprint density at radius 1 is 1.31 bits per heavy atom. The summed E-state index contributed by atoms with van der Waals surface area (Å²) in [5, 5.41) is 3.14. The quantitative estimate of drug-likeness (QED) is 0.885. The van der Waals surface area contributed by atoms with Crippen LogP contribution in [0.5, 0.6) is 0 Å². The SMILES string of the molecule is Cc1ccc(C(N)Cc2nc(C)cs2)cn1. The molecular formula is C12H15N3S. The van der Waals surface area contributed by atoms with Gasteiger partial charge in [-0.2, -0.15) is 0 Å². The average Bonchev–Trinajstić information content (AvgIpc) is 2.65. The minimum absolute atomic E-state index is 0.0151. The normalized spacial score (nSPS) is 12.7. The Labute approximate surface area is 99.4 Å². The third-order valence-corrected chi connectivity index (χ3v) is 3.41. The Bertz CT molecular complexity index is 461. The zero-order valence-corrected chi connectivity index (χ0v) is 10.3. The van der Waals surface area contributed by atoms with Gasteiger partial charge >= 0.3 is 0 Å². The van der Waals surface area contributed by atoms with Gasteiger partial charge in [0.05, 0.1) is 5.01 Å². The lowest BCUT2D eigenvalue weighted by atomic mass is 10.1. The fourth-order valence-electron chi connectivity index (χ4n) is 1.50. The lowest BCUT2D eigenvalue weighted by molar-refractivity contribution is 0.712. The number of aryl methyl sites for hydroxylation is 2. The summed E-state index contributed by atoms with van der Waals surface area (Å²) in [5.41, 5.74) is 9.26. The highest BCUT2D eigenvalue weighted by molar-refractivity contribution is 7.09. The Kier molecular flexibility index (Phi) is 3.31. The third kappa shape index (κ3) is 2.65. The summed E-state index contributed by atoms with van der Waals surface area (Å²) in [4.78, 5) is 8.66. The van der Waals surface area contributed by atoms with Gasteiger partial charge in [0.2, 0.25) is 0 Å². The zero-order chi connectivity index (χ0) is 11.5. The number of rotatable bonds is 3. The van der Waals surface area contributed by atoms with Crippen LogP contribution in [0.25, 0.3) is 0 Å². The van der Waals surface area contributed by atoms with Gasteiger partial charge in [0.1, 0.15) is 0 Å². The van der Waals surface area contributed by atoms with Gasteiger partial charge in [0.15, 0.2) is 0 Å².